The minimum atomic E-state index is -0.0586. The first-order valence-electron chi connectivity index (χ1n) is 4.57. The van der Waals surface area contributed by atoms with Gasteiger partial charge in [-0.1, -0.05) is 6.07 Å². The number of aliphatic hydroxyl groups is 1. The van der Waals surface area contributed by atoms with Gasteiger partial charge in [0.15, 0.2) is 0 Å². The van der Waals surface area contributed by atoms with Crippen molar-refractivity contribution in [2.75, 3.05) is 5.73 Å². The van der Waals surface area contributed by atoms with Crippen molar-refractivity contribution in [3.05, 3.63) is 42.4 Å². The van der Waals surface area contributed by atoms with E-state index in [2.05, 4.69) is 9.97 Å². The molecule has 0 radical (unpaired) electrons. The van der Waals surface area contributed by atoms with Gasteiger partial charge in [-0.25, -0.2) is 4.98 Å². The molecule has 0 aromatic carbocycles. The van der Waals surface area contributed by atoms with Gasteiger partial charge in [-0.15, -0.1) is 0 Å². The van der Waals surface area contributed by atoms with Gasteiger partial charge in [0.25, 0.3) is 0 Å². The number of aromatic nitrogens is 2. The standard InChI is InChI=1S/C11H11N3O/c12-11-4-9(7-15)10(6-14-11)8-2-1-3-13-5-8/h1-6,15H,7H2,(H2,12,14). The van der Waals surface area contributed by atoms with Crippen LogP contribution in [0.3, 0.4) is 0 Å². The molecular formula is C11H11N3O. The number of nitrogens with zero attached hydrogens (tertiary/aromatic N) is 2. The van der Waals surface area contributed by atoms with Gasteiger partial charge in [0.2, 0.25) is 0 Å². The molecule has 4 nitrogen and oxygen atoms in total. The molecule has 4 heteroatoms. The highest BCUT2D eigenvalue weighted by atomic mass is 16.3. The summed E-state index contributed by atoms with van der Waals surface area (Å²) in [6, 6.07) is 5.43. The molecule has 76 valence electrons. The van der Waals surface area contributed by atoms with E-state index in [-0.39, 0.29) is 6.61 Å². The Bertz CT molecular complexity index is 457. The number of hydrogen-bond donors (Lipinski definition) is 2. The zero-order valence-corrected chi connectivity index (χ0v) is 8.09. The molecular weight excluding hydrogens is 190 g/mol. The molecule has 0 amide bonds. The van der Waals surface area contributed by atoms with Crippen LogP contribution in [0.2, 0.25) is 0 Å². The zero-order chi connectivity index (χ0) is 10.7. The number of nitrogens with two attached hydrogens (primary N) is 1. The first kappa shape index (κ1) is 9.61. The van der Waals surface area contributed by atoms with Crippen LogP contribution < -0.4 is 5.73 Å². The molecule has 2 heterocycles. The number of aliphatic hydroxyl groups excluding tert-OH is 1. The minimum Gasteiger partial charge on any atom is -0.392 e. The summed E-state index contributed by atoms with van der Waals surface area (Å²) in [4.78, 5) is 8.02. The molecule has 15 heavy (non-hydrogen) atoms. The third-order valence-corrected chi connectivity index (χ3v) is 2.15. The van der Waals surface area contributed by atoms with E-state index in [4.69, 9.17) is 5.73 Å². The van der Waals surface area contributed by atoms with E-state index in [1.807, 2.05) is 12.1 Å². The van der Waals surface area contributed by atoms with Gasteiger partial charge in [0.05, 0.1) is 6.61 Å². The van der Waals surface area contributed by atoms with Gasteiger partial charge < -0.3 is 10.8 Å². The number of nitrogen functional groups attached to an aromatic ring is 1. The Morgan fingerprint density at radius 2 is 2.20 bits per heavy atom. The van der Waals surface area contributed by atoms with Gasteiger partial charge >= 0.3 is 0 Å². The summed E-state index contributed by atoms with van der Waals surface area (Å²) in [6.07, 6.45) is 5.08. The van der Waals surface area contributed by atoms with Crippen LogP contribution in [0.25, 0.3) is 11.1 Å². The van der Waals surface area contributed by atoms with Gasteiger partial charge in [0.1, 0.15) is 5.82 Å². The Morgan fingerprint density at radius 1 is 1.33 bits per heavy atom. The van der Waals surface area contributed by atoms with Crippen molar-refractivity contribution in [2.24, 2.45) is 0 Å². The number of anilines is 1. The van der Waals surface area contributed by atoms with Crippen molar-refractivity contribution in [2.45, 2.75) is 6.61 Å². The van der Waals surface area contributed by atoms with Crippen LogP contribution in [0.4, 0.5) is 5.82 Å². The van der Waals surface area contributed by atoms with E-state index in [1.54, 1.807) is 24.7 Å². The average molecular weight is 201 g/mol. The first-order valence-corrected chi connectivity index (χ1v) is 4.57. The topological polar surface area (TPSA) is 72.0 Å². The van der Waals surface area contributed by atoms with Crippen molar-refractivity contribution in [3.8, 4) is 11.1 Å². The summed E-state index contributed by atoms with van der Waals surface area (Å²) >= 11 is 0. The maximum absolute atomic E-state index is 9.20. The predicted molar refractivity (Wildman–Crippen MR) is 57.8 cm³/mol. The predicted octanol–water partition coefficient (Wildman–Crippen LogP) is 1.22. The molecule has 0 aliphatic rings. The summed E-state index contributed by atoms with van der Waals surface area (Å²) in [5.41, 5.74) is 8.09. The molecule has 2 rings (SSSR count). The lowest BCUT2D eigenvalue weighted by atomic mass is 10.0. The normalized spacial score (nSPS) is 10.2. The Morgan fingerprint density at radius 3 is 2.87 bits per heavy atom. The first-order chi connectivity index (χ1) is 7.31. The van der Waals surface area contributed by atoms with Crippen molar-refractivity contribution < 1.29 is 5.11 Å². The minimum absolute atomic E-state index is 0.0586. The molecule has 2 aromatic heterocycles. The van der Waals surface area contributed by atoms with E-state index in [0.29, 0.717) is 5.82 Å². The van der Waals surface area contributed by atoms with E-state index >= 15 is 0 Å². The van der Waals surface area contributed by atoms with E-state index in [9.17, 15) is 5.11 Å². The number of pyridine rings is 2. The Balaban J connectivity index is 2.53. The molecule has 0 spiro atoms. The van der Waals surface area contributed by atoms with E-state index < -0.39 is 0 Å². The molecule has 0 aliphatic heterocycles. The quantitative estimate of drug-likeness (QED) is 0.766. The molecule has 0 bridgehead atoms. The summed E-state index contributed by atoms with van der Waals surface area (Å²) in [5.74, 6) is 0.409. The van der Waals surface area contributed by atoms with Crippen LogP contribution in [0.5, 0.6) is 0 Å². The fourth-order valence-electron chi connectivity index (χ4n) is 1.43. The Labute approximate surface area is 87.4 Å². The number of hydrogen-bond acceptors (Lipinski definition) is 4. The zero-order valence-electron chi connectivity index (χ0n) is 8.09. The monoisotopic (exact) mass is 201 g/mol. The summed E-state index contributed by atoms with van der Waals surface area (Å²) < 4.78 is 0. The highest BCUT2D eigenvalue weighted by Gasteiger charge is 2.05. The summed E-state index contributed by atoms with van der Waals surface area (Å²) in [5, 5.41) is 9.20. The third-order valence-electron chi connectivity index (χ3n) is 2.15. The summed E-state index contributed by atoms with van der Waals surface area (Å²) in [6.45, 7) is -0.0586. The molecule has 0 saturated carbocycles. The molecule has 0 atom stereocenters. The fraction of sp³-hybridized carbons (Fsp3) is 0.0909. The van der Waals surface area contributed by atoms with Crippen LogP contribution in [0.15, 0.2) is 36.8 Å². The van der Waals surface area contributed by atoms with Crippen LogP contribution in [-0.2, 0) is 6.61 Å². The highest BCUT2D eigenvalue weighted by molar-refractivity contribution is 5.66. The molecule has 2 aromatic rings. The van der Waals surface area contributed by atoms with Crippen molar-refractivity contribution in [3.63, 3.8) is 0 Å². The SMILES string of the molecule is Nc1cc(CO)c(-c2cccnc2)cn1. The van der Waals surface area contributed by atoms with Crippen molar-refractivity contribution in [1.82, 2.24) is 9.97 Å². The Hall–Kier alpha value is -1.94. The lowest BCUT2D eigenvalue weighted by Gasteiger charge is -2.06. The van der Waals surface area contributed by atoms with Crippen LogP contribution >= 0.6 is 0 Å². The van der Waals surface area contributed by atoms with E-state index in [0.717, 1.165) is 16.7 Å². The maximum Gasteiger partial charge on any atom is 0.123 e. The smallest absolute Gasteiger partial charge is 0.123 e. The van der Waals surface area contributed by atoms with Crippen LogP contribution in [0.1, 0.15) is 5.56 Å². The molecule has 0 unspecified atom stereocenters. The second-order valence-electron chi connectivity index (χ2n) is 3.17. The molecule has 0 saturated heterocycles. The van der Waals surface area contributed by atoms with Gasteiger partial charge in [-0.3, -0.25) is 4.98 Å². The Kier molecular flexibility index (Phi) is 2.60. The van der Waals surface area contributed by atoms with Crippen molar-refractivity contribution in [1.29, 1.82) is 0 Å². The molecule has 0 fully saturated rings. The maximum atomic E-state index is 9.20. The lowest BCUT2D eigenvalue weighted by molar-refractivity contribution is 0.282. The second-order valence-corrected chi connectivity index (χ2v) is 3.17. The van der Waals surface area contributed by atoms with E-state index in [1.165, 1.54) is 0 Å². The van der Waals surface area contributed by atoms with Crippen LogP contribution in [0, 0.1) is 0 Å². The lowest BCUT2D eigenvalue weighted by Crippen LogP contribution is -1.96. The second kappa shape index (κ2) is 4.06. The fourth-order valence-corrected chi connectivity index (χ4v) is 1.43. The third kappa shape index (κ3) is 1.94. The molecule has 3 N–H and O–H groups in total. The largest absolute Gasteiger partial charge is 0.392 e. The number of rotatable bonds is 2. The average Bonchev–Trinajstić information content (AvgIpc) is 2.30. The summed E-state index contributed by atoms with van der Waals surface area (Å²) in [7, 11) is 0. The molecule has 0 aliphatic carbocycles. The van der Waals surface area contributed by atoms with Gasteiger partial charge in [-0.2, -0.15) is 0 Å². The van der Waals surface area contributed by atoms with Crippen LogP contribution in [-0.4, -0.2) is 15.1 Å². The van der Waals surface area contributed by atoms with Gasteiger partial charge in [0, 0.05) is 29.7 Å². The van der Waals surface area contributed by atoms with Crippen molar-refractivity contribution >= 4 is 5.82 Å². The van der Waals surface area contributed by atoms with Gasteiger partial charge in [-0.05, 0) is 17.7 Å². The highest BCUT2D eigenvalue weighted by Crippen LogP contribution is 2.23.